The van der Waals surface area contributed by atoms with Gasteiger partial charge in [-0.25, -0.2) is 4.79 Å². The number of aliphatic carboxylic acids is 4. The van der Waals surface area contributed by atoms with Gasteiger partial charge in [-0.15, -0.1) is 0 Å². The first-order chi connectivity index (χ1) is 56.6. The highest BCUT2D eigenvalue weighted by Gasteiger charge is 2.41. The number of cyclic esters (lactones) is 1. The Kier molecular flexibility index (Phi) is 41.1. The molecule has 3 aromatic rings. The molecule has 0 aliphatic carbocycles. The Balaban J connectivity index is 1.88. The number of Topliss-reactive ketones (excluding diaryl/α,β-unsaturated/α-hetero) is 1. The summed E-state index contributed by atoms with van der Waals surface area (Å²) < 4.78 is 5.70. The number of carboxylic acid groups (broad SMARTS) is 4. The number of primary amides is 2. The summed E-state index contributed by atoms with van der Waals surface area (Å²) in [5, 5.41) is 68.5. The molecule has 0 bridgehead atoms. The molecule has 44 nitrogen and oxygen atoms in total. The lowest BCUT2D eigenvalue weighted by atomic mass is 9.95. The molecule has 1 aromatic heterocycles. The van der Waals surface area contributed by atoms with Crippen LogP contribution in [0.5, 0.6) is 0 Å². The van der Waals surface area contributed by atoms with E-state index in [9.17, 15) is 121 Å². The van der Waals surface area contributed by atoms with E-state index < -0.39 is 267 Å². The van der Waals surface area contributed by atoms with E-state index in [1.165, 1.54) is 24.3 Å². The number of carbonyl (C=O) groups is 21. The summed E-state index contributed by atoms with van der Waals surface area (Å²) in [6, 6.07) is -10.8. The van der Waals surface area contributed by atoms with E-state index in [4.69, 9.17) is 27.7 Å². The number of esters is 1. The highest BCUT2D eigenvalue weighted by molar-refractivity contribution is 6.05. The third-order valence-electron chi connectivity index (χ3n) is 19.1. The number of rotatable bonds is 38. The number of nitrogens with two attached hydrogens (primary N) is 4. The first-order valence-corrected chi connectivity index (χ1v) is 38.7. The van der Waals surface area contributed by atoms with Crippen molar-refractivity contribution < 1.29 is 126 Å². The quantitative estimate of drug-likeness (QED) is 0.0111. The highest BCUT2D eigenvalue weighted by atomic mass is 16.5. The number of anilines is 1. The Morgan fingerprint density at radius 3 is 1.66 bits per heavy atom. The maximum atomic E-state index is 14.9. The number of aromatic nitrogens is 1. The van der Waals surface area contributed by atoms with Gasteiger partial charge >= 0.3 is 29.8 Å². The van der Waals surface area contributed by atoms with Gasteiger partial charge in [-0.2, -0.15) is 0 Å². The van der Waals surface area contributed by atoms with Gasteiger partial charge in [0.1, 0.15) is 72.6 Å². The molecule has 15 amide bonds. The molecular weight excluding hydrogens is 1580 g/mol. The Hall–Kier alpha value is -13.2. The second kappa shape index (κ2) is 49.8. The number of para-hydroxylation sites is 2. The maximum absolute atomic E-state index is 14.9. The van der Waals surface area contributed by atoms with Gasteiger partial charge in [0.2, 0.25) is 88.6 Å². The normalized spacial score (nSPS) is 21.0. The van der Waals surface area contributed by atoms with Crippen molar-refractivity contribution in [3.8, 4) is 0 Å². The van der Waals surface area contributed by atoms with Crippen LogP contribution in [0.4, 0.5) is 5.69 Å². The molecule has 2 heterocycles. The van der Waals surface area contributed by atoms with Crippen LogP contribution in [-0.2, 0) is 107 Å². The molecule has 2 aromatic carbocycles. The Labute approximate surface area is 687 Å². The number of carboxylic acids is 4. The number of ketones is 1. The predicted molar refractivity (Wildman–Crippen MR) is 421 cm³/mol. The lowest BCUT2D eigenvalue weighted by molar-refractivity contribution is -0.156. The number of amides is 15. The van der Waals surface area contributed by atoms with Crippen molar-refractivity contribution in [2.24, 2.45) is 29.0 Å². The second-order valence-electron chi connectivity index (χ2n) is 29.0. The summed E-state index contributed by atoms with van der Waals surface area (Å²) in [6.07, 6.45) is -2.45. The van der Waals surface area contributed by atoms with Crippen LogP contribution in [0.3, 0.4) is 0 Å². The van der Waals surface area contributed by atoms with Crippen LogP contribution in [0.25, 0.3) is 10.9 Å². The molecule has 26 N–H and O–H groups in total. The van der Waals surface area contributed by atoms with Crippen molar-refractivity contribution in [1.82, 2.24) is 74.1 Å². The number of benzene rings is 2. The van der Waals surface area contributed by atoms with Crippen molar-refractivity contribution in [1.29, 1.82) is 0 Å². The molecule has 0 radical (unpaired) electrons. The van der Waals surface area contributed by atoms with Gasteiger partial charge in [0.15, 0.2) is 5.78 Å². The number of unbranched alkanes of at least 4 members (excludes halogenated alkanes) is 5. The van der Waals surface area contributed by atoms with Crippen LogP contribution in [0.1, 0.15) is 166 Å². The predicted octanol–water partition coefficient (Wildman–Crippen LogP) is -4.71. The van der Waals surface area contributed by atoms with Gasteiger partial charge < -0.3 is 122 Å². The largest absolute Gasteiger partial charge is 0.481 e. The molecule has 1 aliphatic heterocycles. The zero-order valence-corrected chi connectivity index (χ0v) is 66.9. The lowest BCUT2D eigenvalue weighted by Gasteiger charge is -2.30. The third kappa shape index (κ3) is 34.5. The van der Waals surface area contributed by atoms with Gasteiger partial charge in [-0.3, -0.25) is 95.9 Å². The molecular formula is C76H108N18O26. The number of aromatic amines is 1. The van der Waals surface area contributed by atoms with Crippen molar-refractivity contribution in [3.05, 3.63) is 65.9 Å². The van der Waals surface area contributed by atoms with Crippen LogP contribution >= 0.6 is 0 Å². The van der Waals surface area contributed by atoms with Crippen LogP contribution in [0.15, 0.2) is 54.7 Å². The topological polar surface area (TPSA) is 725 Å². The number of nitrogens with one attached hydrogen (secondary N) is 14. The van der Waals surface area contributed by atoms with Crippen molar-refractivity contribution >= 4 is 141 Å². The van der Waals surface area contributed by atoms with E-state index in [1.807, 2.05) is 16.0 Å². The highest BCUT2D eigenvalue weighted by Crippen LogP contribution is 2.22. The molecule has 2 unspecified atom stereocenters. The van der Waals surface area contributed by atoms with Gasteiger partial charge in [0.25, 0.3) is 0 Å². The molecule has 120 heavy (non-hydrogen) atoms. The summed E-state index contributed by atoms with van der Waals surface area (Å²) in [4.78, 5) is 290. The molecule has 0 saturated carbocycles. The van der Waals surface area contributed by atoms with Crippen LogP contribution in [0.2, 0.25) is 0 Å². The first-order valence-electron chi connectivity index (χ1n) is 38.7. The molecule has 4 rings (SSSR count). The standard InChI is InChI=1S/C76H108N18O26/c1-6-37(2)18-11-9-7-8-10-12-24-57(98)86-47(27-41-34-81-45-22-16-14-19-42(41)45)70(113)89-49(30-56(80)97)71(114)91-52(33-63(107)108)73(116)94-65-40(5)120-76(119)53(28-54(95)43-20-13-15-21-44(43)78)92-75(118)64(38(3)26-60(101)102)93-72(115)48(29-55(79)96)87-59(100)35-82-67(110)50(31-61(103)104)88-66(109)39(4)84-69(112)51(32-62(105)106)90-68(111)46(23-17-25-77)85-58(99)36-83-74(65)117/h13-16,19-22,34,37-40,46-53,64-65,81H,6-12,17-18,23-33,35-36,77-78H2,1-5H3,(H2,79,96)(H2,80,97)(H,82,110)(H,83,117)(H,84,112)(H,85,99)(H,86,98)(H,87,100)(H,88,109)(H,89,113)(H,90,111)(H,91,114)(H,92,118)(H,93,115)(H,94,116)(H,101,102)(H,103,104)(H,105,106)(H,107,108)/t37?,38?,39-,40-,46+,47+,48-,49-,50+,51+,52+,53+,64+,65+/m1/s1. The number of H-pyrrole nitrogens is 1. The van der Waals surface area contributed by atoms with E-state index in [1.54, 1.807) is 30.5 Å². The summed E-state index contributed by atoms with van der Waals surface area (Å²) >= 11 is 0. The van der Waals surface area contributed by atoms with E-state index >= 15 is 0 Å². The van der Waals surface area contributed by atoms with Gasteiger partial charge in [0.05, 0.1) is 51.6 Å². The fourth-order valence-corrected chi connectivity index (χ4v) is 12.4. The minimum absolute atomic E-state index is 0.0244. The number of nitrogen functional groups attached to an aromatic ring is 1. The minimum atomic E-state index is -2.47. The fourth-order valence-electron chi connectivity index (χ4n) is 12.4. The summed E-state index contributed by atoms with van der Waals surface area (Å²) in [5.41, 5.74) is 23.5. The Bertz CT molecular complexity index is 4230. The molecule has 1 fully saturated rings. The van der Waals surface area contributed by atoms with Gasteiger partial charge in [-0.1, -0.05) is 96.0 Å². The molecule has 1 saturated heterocycles. The number of hydrogen-bond donors (Lipinski definition) is 22. The average Bonchev–Trinajstić information content (AvgIpc) is 0.985. The Morgan fingerprint density at radius 2 is 1.06 bits per heavy atom. The average molecular weight is 1690 g/mol. The van der Waals surface area contributed by atoms with Crippen LogP contribution < -0.4 is 92.1 Å². The zero-order valence-electron chi connectivity index (χ0n) is 66.9. The van der Waals surface area contributed by atoms with Crippen LogP contribution in [-0.4, -0.2) is 242 Å². The molecule has 0 spiro atoms. The van der Waals surface area contributed by atoms with Gasteiger partial charge in [-0.05, 0) is 75.3 Å². The summed E-state index contributed by atoms with van der Waals surface area (Å²) in [5.74, 6) is -30.8. The zero-order chi connectivity index (χ0) is 89.6. The SMILES string of the molecule is CCC(C)CCCCCCCCC(=O)N[C@@H](Cc1c[nH]c2ccccc12)C(=O)N[C@H](CC(N)=O)C(=O)N[C@@H](CC(=O)O)C(=O)N[C@@H]1C(=O)NCC(=O)N[C@@H](CCCN)C(=O)N[C@@H](CC(=O)O)C(=O)N[C@H](C)C(=O)N[C@@H](CC(=O)O)C(=O)NCC(=O)N[C@H](CC(N)=O)C(=O)N[C@@H](C(C)CC(=O)O)C(=O)N[C@@H](CC(=O)c2ccccc2N)C(=O)O[C@@H]1C. The van der Waals surface area contributed by atoms with Crippen molar-refractivity contribution in [2.45, 2.75) is 229 Å². The summed E-state index contributed by atoms with van der Waals surface area (Å²) in [6.45, 7) is 4.58. The molecule has 658 valence electrons. The second-order valence-corrected chi connectivity index (χ2v) is 29.0. The van der Waals surface area contributed by atoms with E-state index in [-0.39, 0.29) is 37.1 Å². The van der Waals surface area contributed by atoms with Crippen molar-refractivity contribution in [2.75, 3.05) is 25.4 Å². The molecule has 44 heteroatoms. The molecule has 14 atom stereocenters. The minimum Gasteiger partial charge on any atom is -0.481 e. The van der Waals surface area contributed by atoms with E-state index in [2.05, 4.69) is 72.0 Å². The number of ether oxygens (including phenoxy) is 1. The monoisotopic (exact) mass is 1690 g/mol. The fraction of sp³-hybridized carbons (Fsp3) is 0.539. The van der Waals surface area contributed by atoms with Crippen LogP contribution in [0, 0.1) is 11.8 Å². The number of hydrogen-bond acceptors (Lipinski definition) is 24. The lowest BCUT2D eigenvalue weighted by Crippen LogP contribution is -2.62. The van der Waals surface area contributed by atoms with Gasteiger partial charge in [0, 0.05) is 47.6 Å². The third-order valence-corrected chi connectivity index (χ3v) is 19.1. The summed E-state index contributed by atoms with van der Waals surface area (Å²) in [7, 11) is 0. The van der Waals surface area contributed by atoms with Crippen molar-refractivity contribution in [3.63, 3.8) is 0 Å². The number of carbonyl (C=O) groups excluding carboxylic acids is 17. The van der Waals surface area contributed by atoms with E-state index in [0.29, 0.717) is 35.2 Å². The first kappa shape index (κ1) is 99.2. The smallest absolute Gasteiger partial charge is 0.329 e. The number of fused-ring (bicyclic) bond motifs is 1. The maximum Gasteiger partial charge on any atom is 0.329 e. The Morgan fingerprint density at radius 1 is 0.525 bits per heavy atom. The molecule has 1 aliphatic rings. The van der Waals surface area contributed by atoms with E-state index in [0.717, 1.165) is 59.3 Å².